The third-order valence-electron chi connectivity index (χ3n) is 4.94. The van der Waals surface area contributed by atoms with Gasteiger partial charge in [-0.15, -0.1) is 0 Å². The van der Waals surface area contributed by atoms with Crippen molar-refractivity contribution in [2.45, 2.75) is 64.0 Å². The summed E-state index contributed by atoms with van der Waals surface area (Å²) in [5.74, 6) is 0.539. The van der Waals surface area contributed by atoms with Crippen molar-refractivity contribution in [1.82, 2.24) is 4.90 Å². The van der Waals surface area contributed by atoms with Crippen LogP contribution < -0.4 is 5.73 Å². The molecule has 0 radical (unpaired) electrons. The van der Waals surface area contributed by atoms with Gasteiger partial charge in [0.1, 0.15) is 0 Å². The van der Waals surface area contributed by atoms with E-state index in [2.05, 4.69) is 18.7 Å². The SMILES string of the molecule is CC(C)(C(N)C1CCCOC1)N1CCCCCC1. The van der Waals surface area contributed by atoms with Crippen LogP contribution in [0.5, 0.6) is 0 Å². The van der Waals surface area contributed by atoms with Crippen LogP contribution in [0, 0.1) is 5.92 Å². The van der Waals surface area contributed by atoms with Gasteiger partial charge in [-0.25, -0.2) is 0 Å². The summed E-state index contributed by atoms with van der Waals surface area (Å²) in [7, 11) is 0. The maximum absolute atomic E-state index is 6.59. The summed E-state index contributed by atoms with van der Waals surface area (Å²) in [6.45, 7) is 8.88. The molecule has 2 heterocycles. The van der Waals surface area contributed by atoms with Crippen LogP contribution in [-0.4, -0.2) is 42.8 Å². The van der Waals surface area contributed by atoms with Crippen molar-refractivity contribution < 1.29 is 4.74 Å². The zero-order valence-corrected chi connectivity index (χ0v) is 12.2. The highest BCUT2D eigenvalue weighted by Crippen LogP contribution is 2.29. The lowest BCUT2D eigenvalue weighted by Crippen LogP contribution is -2.60. The molecule has 2 N–H and O–H groups in total. The summed E-state index contributed by atoms with van der Waals surface area (Å²) < 4.78 is 5.61. The average Bonchev–Trinajstić information content (AvgIpc) is 2.68. The van der Waals surface area contributed by atoms with Crippen molar-refractivity contribution in [3.63, 3.8) is 0 Å². The third kappa shape index (κ3) is 3.25. The van der Waals surface area contributed by atoms with E-state index in [1.807, 2.05) is 0 Å². The van der Waals surface area contributed by atoms with Crippen LogP contribution >= 0.6 is 0 Å². The molecule has 2 rings (SSSR count). The zero-order valence-electron chi connectivity index (χ0n) is 12.2. The van der Waals surface area contributed by atoms with E-state index in [1.165, 1.54) is 51.6 Å². The number of rotatable bonds is 3. The number of hydrogen-bond acceptors (Lipinski definition) is 3. The lowest BCUT2D eigenvalue weighted by molar-refractivity contribution is 0.00383. The number of nitrogens with zero attached hydrogens (tertiary/aromatic N) is 1. The Bertz CT molecular complexity index is 241. The van der Waals surface area contributed by atoms with Gasteiger partial charge in [-0.05, 0) is 58.5 Å². The molecule has 2 saturated heterocycles. The van der Waals surface area contributed by atoms with Crippen LogP contribution in [0.25, 0.3) is 0 Å². The molecule has 2 fully saturated rings. The maximum atomic E-state index is 6.59. The van der Waals surface area contributed by atoms with Gasteiger partial charge in [-0.1, -0.05) is 12.8 Å². The molecule has 0 bridgehead atoms. The predicted molar refractivity (Wildman–Crippen MR) is 75.6 cm³/mol. The summed E-state index contributed by atoms with van der Waals surface area (Å²) in [6, 6.07) is 0.232. The van der Waals surface area contributed by atoms with Crippen molar-refractivity contribution in [1.29, 1.82) is 0 Å². The van der Waals surface area contributed by atoms with E-state index < -0.39 is 0 Å². The van der Waals surface area contributed by atoms with Gasteiger partial charge in [0.25, 0.3) is 0 Å². The summed E-state index contributed by atoms with van der Waals surface area (Å²) >= 11 is 0. The van der Waals surface area contributed by atoms with Gasteiger partial charge in [-0.2, -0.15) is 0 Å². The molecule has 3 nitrogen and oxygen atoms in total. The van der Waals surface area contributed by atoms with Crippen LogP contribution in [0.1, 0.15) is 52.4 Å². The van der Waals surface area contributed by atoms with Crippen molar-refractivity contribution >= 4 is 0 Å². The first-order chi connectivity index (χ1) is 8.62. The Labute approximate surface area is 112 Å². The van der Waals surface area contributed by atoms with Crippen LogP contribution in [-0.2, 0) is 4.74 Å². The average molecular weight is 254 g/mol. The van der Waals surface area contributed by atoms with E-state index in [9.17, 15) is 0 Å². The minimum atomic E-state index is 0.107. The van der Waals surface area contributed by atoms with E-state index in [-0.39, 0.29) is 11.6 Å². The minimum absolute atomic E-state index is 0.107. The third-order valence-corrected chi connectivity index (χ3v) is 4.94. The smallest absolute Gasteiger partial charge is 0.0509 e. The summed E-state index contributed by atoms with van der Waals surface area (Å²) in [6.07, 6.45) is 7.84. The van der Waals surface area contributed by atoms with E-state index >= 15 is 0 Å². The summed E-state index contributed by atoms with van der Waals surface area (Å²) in [4.78, 5) is 2.62. The highest BCUT2D eigenvalue weighted by atomic mass is 16.5. The van der Waals surface area contributed by atoms with Crippen molar-refractivity contribution in [2.75, 3.05) is 26.3 Å². The molecule has 0 aromatic heterocycles. The molecule has 0 amide bonds. The number of nitrogens with two attached hydrogens (primary N) is 1. The molecule has 18 heavy (non-hydrogen) atoms. The number of ether oxygens (including phenoxy) is 1. The number of hydrogen-bond donors (Lipinski definition) is 1. The first-order valence-corrected chi connectivity index (χ1v) is 7.71. The van der Waals surface area contributed by atoms with Gasteiger partial charge in [0, 0.05) is 18.2 Å². The van der Waals surface area contributed by atoms with Gasteiger partial charge < -0.3 is 10.5 Å². The lowest BCUT2D eigenvalue weighted by Gasteiger charge is -2.46. The second kappa shape index (κ2) is 6.36. The minimum Gasteiger partial charge on any atom is -0.381 e. The predicted octanol–water partition coefficient (Wildman–Crippen LogP) is 2.39. The van der Waals surface area contributed by atoms with Crippen LogP contribution in [0.15, 0.2) is 0 Å². The standard InChI is InChI=1S/C15H30N2O/c1-15(2,17-9-5-3-4-6-10-17)14(16)13-8-7-11-18-12-13/h13-14H,3-12,16H2,1-2H3. The molecule has 0 aliphatic carbocycles. The Hall–Kier alpha value is -0.120. The molecule has 3 heteroatoms. The topological polar surface area (TPSA) is 38.5 Å². The molecule has 2 atom stereocenters. The summed E-state index contributed by atoms with van der Waals surface area (Å²) in [5, 5.41) is 0. The zero-order chi connectivity index (χ0) is 13.0. The second-order valence-electron chi connectivity index (χ2n) is 6.56. The molecular formula is C15H30N2O. The normalized spacial score (nSPS) is 29.8. The van der Waals surface area contributed by atoms with Crippen LogP contribution in [0.3, 0.4) is 0 Å². The monoisotopic (exact) mass is 254 g/mol. The lowest BCUT2D eigenvalue weighted by atomic mass is 9.81. The first-order valence-electron chi connectivity index (χ1n) is 7.71. The van der Waals surface area contributed by atoms with Crippen LogP contribution in [0.4, 0.5) is 0 Å². The molecule has 0 aromatic carbocycles. The van der Waals surface area contributed by atoms with Gasteiger partial charge in [0.2, 0.25) is 0 Å². The Morgan fingerprint density at radius 1 is 1.11 bits per heavy atom. The molecule has 2 unspecified atom stereocenters. The number of likely N-dealkylation sites (tertiary alicyclic amines) is 1. The second-order valence-corrected chi connectivity index (χ2v) is 6.56. The Morgan fingerprint density at radius 2 is 1.78 bits per heavy atom. The Morgan fingerprint density at radius 3 is 2.33 bits per heavy atom. The maximum Gasteiger partial charge on any atom is 0.0509 e. The molecule has 2 aliphatic heterocycles. The summed E-state index contributed by atoms with van der Waals surface area (Å²) in [5.41, 5.74) is 6.69. The fraction of sp³-hybridized carbons (Fsp3) is 1.00. The Kier molecular flexibility index (Phi) is 5.05. The van der Waals surface area contributed by atoms with Crippen molar-refractivity contribution in [2.24, 2.45) is 11.7 Å². The van der Waals surface area contributed by atoms with Crippen molar-refractivity contribution in [3.05, 3.63) is 0 Å². The fourth-order valence-corrected chi connectivity index (χ4v) is 3.48. The van der Waals surface area contributed by atoms with Gasteiger partial charge in [0.15, 0.2) is 0 Å². The molecule has 0 aromatic rings. The van der Waals surface area contributed by atoms with Gasteiger partial charge in [0.05, 0.1) is 6.61 Å². The van der Waals surface area contributed by atoms with Gasteiger partial charge >= 0.3 is 0 Å². The van der Waals surface area contributed by atoms with Crippen molar-refractivity contribution in [3.8, 4) is 0 Å². The molecule has 2 aliphatic rings. The van der Waals surface area contributed by atoms with E-state index in [1.54, 1.807) is 0 Å². The fourth-order valence-electron chi connectivity index (χ4n) is 3.48. The van der Waals surface area contributed by atoms with E-state index in [0.29, 0.717) is 5.92 Å². The first kappa shape index (κ1) is 14.3. The molecular weight excluding hydrogens is 224 g/mol. The van der Waals surface area contributed by atoms with E-state index in [4.69, 9.17) is 10.5 Å². The molecule has 0 saturated carbocycles. The highest BCUT2D eigenvalue weighted by molar-refractivity contribution is 4.96. The Balaban J connectivity index is 1.98. The molecule has 106 valence electrons. The molecule has 0 spiro atoms. The van der Waals surface area contributed by atoms with Gasteiger partial charge in [-0.3, -0.25) is 4.90 Å². The highest BCUT2D eigenvalue weighted by Gasteiger charge is 2.38. The van der Waals surface area contributed by atoms with E-state index in [0.717, 1.165) is 13.2 Å². The van der Waals surface area contributed by atoms with Crippen LogP contribution in [0.2, 0.25) is 0 Å². The quantitative estimate of drug-likeness (QED) is 0.840. The largest absolute Gasteiger partial charge is 0.381 e.